The van der Waals surface area contributed by atoms with Crippen LogP contribution in [-0.2, 0) is 0 Å². The normalized spacial score (nSPS) is 16.6. The summed E-state index contributed by atoms with van der Waals surface area (Å²) in [5.41, 5.74) is 12.7. The van der Waals surface area contributed by atoms with Crippen LogP contribution in [0.15, 0.2) is 193 Å². The molecule has 8 aromatic rings. The number of allylic oxidation sites excluding steroid dienone is 3. The lowest BCUT2D eigenvalue weighted by Gasteiger charge is -2.22. The summed E-state index contributed by atoms with van der Waals surface area (Å²) in [7, 11) is 0. The molecule has 1 aliphatic heterocycles. The number of hydrogen-bond acceptors (Lipinski definition) is 3. The molecule has 3 unspecified atom stereocenters. The zero-order valence-corrected chi connectivity index (χ0v) is 32.3. The zero-order chi connectivity index (χ0) is 38.0. The average molecular weight is 739 g/mol. The van der Waals surface area contributed by atoms with Crippen LogP contribution in [0.5, 0.6) is 0 Å². The van der Waals surface area contributed by atoms with Crippen LogP contribution in [0.1, 0.15) is 54.5 Å². The Morgan fingerprint density at radius 1 is 0.768 bits per heavy atom. The minimum absolute atomic E-state index is 0.0665. The molecular weight excluding hydrogens is 697 g/mol. The molecule has 270 valence electrons. The Morgan fingerprint density at radius 3 is 2.16 bits per heavy atom. The van der Waals surface area contributed by atoms with Gasteiger partial charge in [0, 0.05) is 37.2 Å². The van der Waals surface area contributed by atoms with E-state index in [0.29, 0.717) is 6.42 Å². The maximum absolute atomic E-state index is 6.47. The van der Waals surface area contributed by atoms with Gasteiger partial charge in [-0.15, -0.1) is 17.8 Å². The minimum Gasteiger partial charge on any atom is -0.378 e. The Bertz CT molecular complexity index is 2800. The van der Waals surface area contributed by atoms with Crippen LogP contribution in [0.3, 0.4) is 0 Å². The van der Waals surface area contributed by atoms with Gasteiger partial charge in [-0.2, -0.15) is 0 Å². The fraction of sp³-hybridized carbons (Fsp3) is 0.113. The predicted octanol–water partition coefficient (Wildman–Crippen LogP) is 13.9. The highest BCUT2D eigenvalue weighted by Gasteiger charge is 2.26. The van der Waals surface area contributed by atoms with Crippen LogP contribution in [0.4, 0.5) is 0 Å². The molecule has 0 aliphatic carbocycles. The van der Waals surface area contributed by atoms with E-state index in [1.807, 2.05) is 11.3 Å². The molecular formula is C53H42N2S. The van der Waals surface area contributed by atoms with E-state index in [4.69, 9.17) is 11.4 Å². The van der Waals surface area contributed by atoms with E-state index in [9.17, 15) is 0 Å². The molecule has 0 radical (unpaired) electrons. The number of nitrogens with zero attached hydrogens (tertiary/aromatic N) is 1. The van der Waals surface area contributed by atoms with Crippen LogP contribution in [-0.4, -0.2) is 4.98 Å². The van der Waals surface area contributed by atoms with E-state index in [0.717, 1.165) is 28.9 Å². The Labute approximate surface area is 333 Å². The first-order valence-electron chi connectivity index (χ1n) is 19.3. The van der Waals surface area contributed by atoms with Crippen molar-refractivity contribution in [3.63, 3.8) is 0 Å². The molecule has 0 fully saturated rings. The fourth-order valence-corrected chi connectivity index (χ4v) is 9.52. The van der Waals surface area contributed by atoms with Gasteiger partial charge in [0.15, 0.2) is 0 Å². The van der Waals surface area contributed by atoms with Crippen molar-refractivity contribution in [2.75, 3.05) is 0 Å². The SMILES string of the molecule is C#CC(C/C=C(\C)C1=CC(c2ccccc2)C(=C)CC(c2ccc(-c3ccccc3)cc2)N1)c1nc2cccc(-c3ccccc3)c2c2sc3ccccc3c12. The number of terminal acetylenes is 1. The lowest BCUT2D eigenvalue weighted by molar-refractivity contribution is 0.601. The summed E-state index contributed by atoms with van der Waals surface area (Å²) in [6.45, 7) is 6.86. The topological polar surface area (TPSA) is 24.9 Å². The first-order chi connectivity index (χ1) is 27.6. The fourth-order valence-electron chi connectivity index (χ4n) is 8.24. The third-order valence-corrected chi connectivity index (χ3v) is 12.4. The molecule has 0 saturated heterocycles. The number of pyridine rings is 1. The van der Waals surface area contributed by atoms with Crippen LogP contribution >= 0.6 is 11.3 Å². The van der Waals surface area contributed by atoms with Crippen molar-refractivity contribution in [2.45, 2.75) is 37.6 Å². The number of hydrogen-bond donors (Lipinski definition) is 1. The molecule has 9 rings (SSSR count). The Kier molecular flexibility index (Phi) is 9.66. The van der Waals surface area contributed by atoms with E-state index in [1.165, 1.54) is 64.5 Å². The number of thiophene rings is 1. The van der Waals surface area contributed by atoms with Gasteiger partial charge in [0.05, 0.1) is 23.2 Å². The number of aromatic nitrogens is 1. The maximum Gasteiger partial charge on any atom is 0.0726 e. The molecule has 3 heterocycles. The largest absolute Gasteiger partial charge is 0.378 e. The van der Waals surface area contributed by atoms with Gasteiger partial charge in [-0.1, -0.05) is 170 Å². The van der Waals surface area contributed by atoms with Gasteiger partial charge < -0.3 is 5.32 Å². The van der Waals surface area contributed by atoms with Gasteiger partial charge in [-0.3, -0.25) is 4.98 Å². The highest BCUT2D eigenvalue weighted by Crippen LogP contribution is 2.45. The number of benzene rings is 6. The summed E-state index contributed by atoms with van der Waals surface area (Å²) in [5, 5.41) is 7.53. The third-order valence-electron chi connectivity index (χ3n) is 11.2. The molecule has 1 N–H and O–H groups in total. The Morgan fingerprint density at radius 2 is 1.43 bits per heavy atom. The molecule has 56 heavy (non-hydrogen) atoms. The van der Waals surface area contributed by atoms with Gasteiger partial charge in [0.1, 0.15) is 0 Å². The van der Waals surface area contributed by atoms with Crippen LogP contribution in [0, 0.1) is 12.3 Å². The van der Waals surface area contributed by atoms with Crippen molar-refractivity contribution < 1.29 is 0 Å². The highest BCUT2D eigenvalue weighted by atomic mass is 32.1. The molecule has 3 heteroatoms. The quantitative estimate of drug-likeness (QED) is 0.124. The summed E-state index contributed by atoms with van der Waals surface area (Å²) in [5.74, 6) is 3.05. The van der Waals surface area contributed by atoms with Crippen molar-refractivity contribution in [1.29, 1.82) is 0 Å². The van der Waals surface area contributed by atoms with Gasteiger partial charge in [0.25, 0.3) is 0 Å². The maximum atomic E-state index is 6.47. The molecule has 1 aliphatic rings. The van der Waals surface area contributed by atoms with Crippen molar-refractivity contribution in [2.24, 2.45) is 0 Å². The lowest BCUT2D eigenvalue weighted by Crippen LogP contribution is -2.20. The number of fused-ring (bicyclic) bond motifs is 5. The van der Waals surface area contributed by atoms with E-state index in [2.05, 4.69) is 195 Å². The second-order valence-corrected chi connectivity index (χ2v) is 15.8. The van der Waals surface area contributed by atoms with Crippen LogP contribution < -0.4 is 5.32 Å². The van der Waals surface area contributed by atoms with E-state index >= 15 is 0 Å². The molecule has 0 saturated carbocycles. The van der Waals surface area contributed by atoms with Crippen molar-refractivity contribution in [3.05, 3.63) is 210 Å². The van der Waals surface area contributed by atoms with Crippen molar-refractivity contribution in [3.8, 4) is 34.6 Å². The molecule has 3 atom stereocenters. The Balaban J connectivity index is 1.10. The smallest absolute Gasteiger partial charge is 0.0726 e. The zero-order valence-electron chi connectivity index (χ0n) is 31.5. The van der Waals surface area contributed by atoms with Crippen molar-refractivity contribution >= 4 is 42.4 Å². The number of rotatable bonds is 8. The van der Waals surface area contributed by atoms with Gasteiger partial charge in [-0.25, -0.2) is 0 Å². The molecule has 0 amide bonds. The Hall–Kier alpha value is -6.47. The van der Waals surface area contributed by atoms with Gasteiger partial charge >= 0.3 is 0 Å². The van der Waals surface area contributed by atoms with E-state index in [-0.39, 0.29) is 17.9 Å². The van der Waals surface area contributed by atoms with E-state index < -0.39 is 0 Å². The summed E-state index contributed by atoms with van der Waals surface area (Å²) in [4.78, 5) is 5.42. The summed E-state index contributed by atoms with van der Waals surface area (Å²) >= 11 is 1.84. The first-order valence-corrected chi connectivity index (χ1v) is 20.2. The monoisotopic (exact) mass is 738 g/mol. The second kappa shape index (κ2) is 15.3. The summed E-state index contributed by atoms with van der Waals surface area (Å²) in [6, 6.07) is 56.0. The summed E-state index contributed by atoms with van der Waals surface area (Å²) < 4.78 is 2.48. The van der Waals surface area contributed by atoms with Crippen LogP contribution in [0.25, 0.3) is 53.3 Å². The van der Waals surface area contributed by atoms with Crippen molar-refractivity contribution in [1.82, 2.24) is 10.3 Å². The predicted molar refractivity (Wildman–Crippen MR) is 239 cm³/mol. The molecule has 2 aromatic heterocycles. The second-order valence-electron chi connectivity index (χ2n) is 14.7. The molecule has 0 bridgehead atoms. The summed E-state index contributed by atoms with van der Waals surface area (Å²) in [6.07, 6.45) is 12.6. The lowest BCUT2D eigenvalue weighted by atomic mass is 9.87. The van der Waals surface area contributed by atoms with Crippen LogP contribution in [0.2, 0.25) is 0 Å². The van der Waals surface area contributed by atoms with E-state index in [1.54, 1.807) is 0 Å². The average Bonchev–Trinajstić information content (AvgIpc) is 3.56. The standard InChI is InChI=1S/C53H42N2S/c1-4-37(52-51-44-23-14-15-26-49(44)56-53(51)50-43(24-16-25-46(50)55-52)40-19-10-6-11-20-40)28-27-35(2)47-34-45(41-21-12-7-13-22-41)36(3)33-48(54-47)42-31-29-39(30-32-42)38-17-8-5-9-18-38/h1,5-27,29-32,34,37,45,48,54H,3,28,33H2,2H3/b35-27+. The third kappa shape index (κ3) is 6.74. The molecule has 0 spiro atoms. The van der Waals surface area contributed by atoms with Gasteiger partial charge in [0.2, 0.25) is 0 Å². The van der Waals surface area contributed by atoms with Gasteiger partial charge in [-0.05, 0) is 76.9 Å². The molecule has 6 aromatic carbocycles. The highest BCUT2D eigenvalue weighted by molar-refractivity contribution is 7.26. The first kappa shape index (κ1) is 35.2. The molecule has 2 nitrogen and oxygen atoms in total. The minimum atomic E-state index is -0.220. The number of nitrogens with one attached hydrogen (secondary N) is 1.